The number of nitrogens with two attached hydrogens (primary N) is 1. The van der Waals surface area contributed by atoms with E-state index in [0.717, 1.165) is 12.1 Å². The largest absolute Gasteiger partial charge is 0.370 e. The summed E-state index contributed by atoms with van der Waals surface area (Å²) in [5.41, 5.74) is 6.79. The number of nitrogens with zero attached hydrogens (tertiary/aromatic N) is 2. The summed E-state index contributed by atoms with van der Waals surface area (Å²) in [7, 11) is 0. The number of guanidine groups is 1. The number of halogens is 2. The van der Waals surface area contributed by atoms with Gasteiger partial charge in [-0.25, -0.2) is 0 Å². The molecule has 2 rings (SSSR count). The van der Waals surface area contributed by atoms with Crippen LogP contribution in [0.3, 0.4) is 0 Å². The molecule has 0 saturated carbocycles. The third-order valence-electron chi connectivity index (χ3n) is 2.78. The van der Waals surface area contributed by atoms with Gasteiger partial charge in [0.2, 0.25) is 0 Å². The third-order valence-corrected chi connectivity index (χ3v) is 3.61. The van der Waals surface area contributed by atoms with Crippen molar-refractivity contribution < 1.29 is 0 Å². The Bertz CT molecular complexity index is 431. The van der Waals surface area contributed by atoms with E-state index in [9.17, 15) is 0 Å². The number of likely N-dealkylation sites (N-methyl/N-ethyl adjacent to an activating group) is 1. The van der Waals surface area contributed by atoms with E-state index in [1.807, 2.05) is 24.0 Å². The van der Waals surface area contributed by atoms with E-state index in [1.54, 1.807) is 6.07 Å². The smallest absolute Gasteiger partial charge is 0.191 e. The fourth-order valence-electron chi connectivity index (χ4n) is 1.96. The van der Waals surface area contributed by atoms with Crippen LogP contribution in [-0.4, -0.2) is 23.9 Å². The Hall–Kier alpha value is -0.930. The van der Waals surface area contributed by atoms with Crippen LogP contribution in [0.4, 0.5) is 0 Å². The van der Waals surface area contributed by atoms with Gasteiger partial charge in [0.25, 0.3) is 0 Å². The molecule has 3 nitrogen and oxygen atoms in total. The molecule has 1 unspecified atom stereocenters. The molecule has 16 heavy (non-hydrogen) atoms. The zero-order valence-corrected chi connectivity index (χ0v) is 10.5. The van der Waals surface area contributed by atoms with Gasteiger partial charge < -0.3 is 10.6 Å². The van der Waals surface area contributed by atoms with Crippen LogP contribution in [-0.2, 0) is 0 Å². The van der Waals surface area contributed by atoms with Gasteiger partial charge in [0.05, 0.1) is 22.6 Å². The molecule has 0 amide bonds. The van der Waals surface area contributed by atoms with Crippen molar-refractivity contribution in [3.8, 4) is 0 Å². The van der Waals surface area contributed by atoms with E-state index in [2.05, 4.69) is 4.99 Å². The Balaban J connectivity index is 2.36. The lowest BCUT2D eigenvalue weighted by Crippen LogP contribution is -2.35. The summed E-state index contributed by atoms with van der Waals surface area (Å²) in [4.78, 5) is 6.26. The fraction of sp³-hybridized carbons (Fsp3) is 0.364. The van der Waals surface area contributed by atoms with Gasteiger partial charge in [0.1, 0.15) is 0 Å². The van der Waals surface area contributed by atoms with Crippen LogP contribution >= 0.6 is 23.2 Å². The number of rotatable bonds is 2. The lowest BCUT2D eigenvalue weighted by atomic mass is 10.1. The third kappa shape index (κ3) is 1.85. The molecule has 0 bridgehead atoms. The number of aliphatic imine (C=N–C) groups is 1. The lowest BCUT2D eigenvalue weighted by Gasteiger charge is -2.25. The van der Waals surface area contributed by atoms with Crippen LogP contribution < -0.4 is 5.73 Å². The molecule has 2 N–H and O–H groups in total. The molecular formula is C11H13Cl2N3. The van der Waals surface area contributed by atoms with Crippen molar-refractivity contribution in [2.75, 3.05) is 13.1 Å². The zero-order valence-electron chi connectivity index (χ0n) is 8.95. The lowest BCUT2D eigenvalue weighted by molar-refractivity contribution is 0.364. The minimum Gasteiger partial charge on any atom is -0.370 e. The van der Waals surface area contributed by atoms with Crippen molar-refractivity contribution in [3.63, 3.8) is 0 Å². The molecule has 5 heteroatoms. The Morgan fingerprint density at radius 1 is 1.50 bits per heavy atom. The van der Waals surface area contributed by atoms with Gasteiger partial charge in [-0.05, 0) is 18.6 Å². The molecule has 1 heterocycles. The van der Waals surface area contributed by atoms with E-state index in [1.165, 1.54) is 0 Å². The van der Waals surface area contributed by atoms with E-state index >= 15 is 0 Å². The average molecular weight is 258 g/mol. The van der Waals surface area contributed by atoms with Crippen molar-refractivity contribution in [1.29, 1.82) is 0 Å². The van der Waals surface area contributed by atoms with Gasteiger partial charge in [-0.15, -0.1) is 0 Å². The molecule has 0 fully saturated rings. The monoisotopic (exact) mass is 257 g/mol. The van der Waals surface area contributed by atoms with Crippen LogP contribution in [0.5, 0.6) is 0 Å². The molecule has 1 aromatic rings. The van der Waals surface area contributed by atoms with Crippen molar-refractivity contribution in [3.05, 3.63) is 33.8 Å². The summed E-state index contributed by atoms with van der Waals surface area (Å²) in [6, 6.07) is 5.75. The molecule has 0 saturated heterocycles. The standard InChI is InChI=1S/C11H13Cl2N3/c1-2-16-9(6-15-11(16)14)7-4-3-5-8(12)10(7)13/h3-5,9H,2,6H2,1H3,(H2,14,15). The van der Waals surface area contributed by atoms with Gasteiger partial charge in [0, 0.05) is 6.54 Å². The van der Waals surface area contributed by atoms with Gasteiger partial charge in [-0.2, -0.15) is 0 Å². The molecule has 1 atom stereocenters. The molecule has 0 aliphatic carbocycles. The first kappa shape index (κ1) is 11.6. The SMILES string of the molecule is CCN1C(N)=NCC1c1cccc(Cl)c1Cl. The Morgan fingerprint density at radius 3 is 2.94 bits per heavy atom. The molecule has 1 aliphatic heterocycles. The number of benzene rings is 1. The van der Waals surface area contributed by atoms with Gasteiger partial charge in [-0.3, -0.25) is 4.99 Å². The number of hydrogen-bond donors (Lipinski definition) is 1. The second-order valence-corrected chi connectivity index (χ2v) is 4.43. The predicted octanol–water partition coefficient (Wildman–Crippen LogP) is 2.68. The van der Waals surface area contributed by atoms with E-state index in [4.69, 9.17) is 28.9 Å². The minimum atomic E-state index is 0.108. The van der Waals surface area contributed by atoms with E-state index < -0.39 is 0 Å². The quantitative estimate of drug-likeness (QED) is 0.886. The molecule has 1 aliphatic rings. The fourth-order valence-corrected chi connectivity index (χ4v) is 2.39. The first-order chi connectivity index (χ1) is 7.65. The molecule has 0 radical (unpaired) electrons. The second kappa shape index (κ2) is 4.52. The summed E-state index contributed by atoms with van der Waals surface area (Å²) in [6.45, 7) is 3.49. The van der Waals surface area contributed by atoms with E-state index in [0.29, 0.717) is 22.5 Å². The van der Waals surface area contributed by atoms with E-state index in [-0.39, 0.29) is 6.04 Å². The molecular weight excluding hydrogens is 245 g/mol. The van der Waals surface area contributed by atoms with Gasteiger partial charge in [-0.1, -0.05) is 35.3 Å². The maximum absolute atomic E-state index is 6.19. The van der Waals surface area contributed by atoms with Crippen LogP contribution in [0.15, 0.2) is 23.2 Å². The Morgan fingerprint density at radius 2 is 2.25 bits per heavy atom. The highest BCUT2D eigenvalue weighted by molar-refractivity contribution is 6.42. The molecule has 1 aromatic carbocycles. The molecule has 0 spiro atoms. The van der Waals surface area contributed by atoms with Gasteiger partial charge >= 0.3 is 0 Å². The van der Waals surface area contributed by atoms with Crippen LogP contribution in [0.25, 0.3) is 0 Å². The summed E-state index contributed by atoms with van der Waals surface area (Å²) < 4.78 is 0. The van der Waals surface area contributed by atoms with Crippen LogP contribution in [0.1, 0.15) is 18.5 Å². The van der Waals surface area contributed by atoms with Crippen LogP contribution in [0.2, 0.25) is 10.0 Å². The first-order valence-electron chi connectivity index (χ1n) is 5.15. The normalized spacial score (nSPS) is 20.1. The minimum absolute atomic E-state index is 0.108. The van der Waals surface area contributed by atoms with Crippen molar-refractivity contribution in [2.45, 2.75) is 13.0 Å². The average Bonchev–Trinajstić information content (AvgIpc) is 2.63. The summed E-state index contributed by atoms with van der Waals surface area (Å²) in [5.74, 6) is 0.573. The summed E-state index contributed by atoms with van der Waals surface area (Å²) >= 11 is 12.2. The zero-order chi connectivity index (χ0) is 11.7. The maximum Gasteiger partial charge on any atom is 0.191 e. The highest BCUT2D eigenvalue weighted by Crippen LogP contribution is 2.34. The van der Waals surface area contributed by atoms with Crippen molar-refractivity contribution in [2.24, 2.45) is 10.7 Å². The van der Waals surface area contributed by atoms with Crippen molar-refractivity contribution in [1.82, 2.24) is 4.90 Å². The summed E-state index contributed by atoms with van der Waals surface area (Å²) in [5, 5.41) is 1.17. The topological polar surface area (TPSA) is 41.6 Å². The highest BCUT2D eigenvalue weighted by Gasteiger charge is 2.28. The Labute approximate surface area is 105 Å². The second-order valence-electron chi connectivity index (χ2n) is 3.64. The predicted molar refractivity (Wildman–Crippen MR) is 68.1 cm³/mol. The molecule has 0 aromatic heterocycles. The Kier molecular flexibility index (Phi) is 3.26. The number of hydrogen-bond acceptors (Lipinski definition) is 3. The first-order valence-corrected chi connectivity index (χ1v) is 5.91. The van der Waals surface area contributed by atoms with Crippen LogP contribution in [0, 0.1) is 0 Å². The maximum atomic E-state index is 6.19. The molecule has 86 valence electrons. The van der Waals surface area contributed by atoms with Gasteiger partial charge in [0.15, 0.2) is 5.96 Å². The van der Waals surface area contributed by atoms with Crippen molar-refractivity contribution >= 4 is 29.2 Å². The highest BCUT2D eigenvalue weighted by atomic mass is 35.5. The summed E-state index contributed by atoms with van der Waals surface area (Å²) in [6.07, 6.45) is 0.